The van der Waals surface area contributed by atoms with E-state index in [2.05, 4.69) is 42.9 Å². The summed E-state index contributed by atoms with van der Waals surface area (Å²) in [4.78, 5) is 6.61. The van der Waals surface area contributed by atoms with Gasteiger partial charge < -0.3 is 10.2 Å². The molecule has 4 heteroatoms. The Labute approximate surface area is 115 Å². The lowest BCUT2D eigenvalue weighted by atomic mass is 10.1. The van der Waals surface area contributed by atoms with E-state index in [1.54, 1.807) is 6.07 Å². The zero-order valence-electron chi connectivity index (χ0n) is 12.3. The fourth-order valence-electron chi connectivity index (χ4n) is 2.47. The summed E-state index contributed by atoms with van der Waals surface area (Å²) in [5.74, 6) is 0.671. The van der Waals surface area contributed by atoms with Crippen LogP contribution in [-0.4, -0.2) is 23.1 Å². The molecule has 0 radical (unpaired) electrons. The minimum atomic E-state index is -0.263. The average molecular weight is 265 g/mol. The lowest BCUT2D eigenvalue weighted by Gasteiger charge is -2.27. The Morgan fingerprint density at radius 2 is 2.21 bits per heavy atom. The molecule has 1 aliphatic rings. The van der Waals surface area contributed by atoms with Crippen molar-refractivity contribution in [1.82, 2.24) is 10.3 Å². The summed E-state index contributed by atoms with van der Waals surface area (Å²) < 4.78 is 13.4. The Morgan fingerprint density at radius 3 is 2.79 bits per heavy atom. The minimum Gasteiger partial charge on any atom is -0.354 e. The highest BCUT2D eigenvalue weighted by atomic mass is 19.1. The molecule has 1 fully saturated rings. The molecule has 0 amide bonds. The van der Waals surface area contributed by atoms with Crippen LogP contribution in [0.3, 0.4) is 0 Å². The van der Waals surface area contributed by atoms with Gasteiger partial charge >= 0.3 is 0 Å². The van der Waals surface area contributed by atoms with E-state index < -0.39 is 0 Å². The molecule has 0 aliphatic carbocycles. The molecule has 0 aromatic carbocycles. The number of rotatable bonds is 3. The molecule has 0 saturated carbocycles. The maximum atomic E-state index is 13.4. The van der Waals surface area contributed by atoms with Gasteiger partial charge in [0.15, 0.2) is 0 Å². The lowest BCUT2D eigenvalue weighted by Crippen LogP contribution is -2.36. The summed E-state index contributed by atoms with van der Waals surface area (Å²) >= 11 is 0. The first kappa shape index (κ1) is 14.3. The Kier molecular flexibility index (Phi) is 4.09. The highest BCUT2D eigenvalue weighted by Gasteiger charge is 2.24. The van der Waals surface area contributed by atoms with E-state index in [-0.39, 0.29) is 11.4 Å². The van der Waals surface area contributed by atoms with Crippen LogP contribution in [0.2, 0.25) is 0 Å². The molecule has 1 aliphatic heterocycles. The molecule has 1 unspecified atom stereocenters. The minimum absolute atomic E-state index is 0.0141. The summed E-state index contributed by atoms with van der Waals surface area (Å²) in [7, 11) is 0. The first-order valence-electron chi connectivity index (χ1n) is 7.03. The third-order valence-electron chi connectivity index (χ3n) is 3.54. The molecular weight excluding hydrogens is 241 g/mol. The number of pyridine rings is 1. The Bertz CT molecular complexity index is 440. The Hall–Kier alpha value is -1.16. The first-order valence-corrected chi connectivity index (χ1v) is 7.03. The monoisotopic (exact) mass is 265 g/mol. The van der Waals surface area contributed by atoms with Crippen LogP contribution in [0, 0.1) is 5.82 Å². The molecule has 0 bridgehead atoms. The molecule has 0 spiro atoms. The molecule has 2 rings (SSSR count). The summed E-state index contributed by atoms with van der Waals surface area (Å²) in [6.45, 7) is 10.2. The summed E-state index contributed by atoms with van der Waals surface area (Å²) in [5.41, 5.74) is 0.962. The number of halogens is 1. The second-order valence-electron chi connectivity index (χ2n) is 6.42. The van der Waals surface area contributed by atoms with Gasteiger partial charge in [-0.2, -0.15) is 0 Å². The number of nitrogens with zero attached hydrogens (tertiary/aromatic N) is 2. The fourth-order valence-corrected chi connectivity index (χ4v) is 2.47. The van der Waals surface area contributed by atoms with Crippen molar-refractivity contribution >= 4 is 5.82 Å². The van der Waals surface area contributed by atoms with E-state index in [0.717, 1.165) is 17.9 Å². The Morgan fingerprint density at radius 1 is 1.47 bits per heavy atom. The van der Waals surface area contributed by atoms with Crippen molar-refractivity contribution in [2.75, 3.05) is 11.4 Å². The van der Waals surface area contributed by atoms with Crippen LogP contribution in [0.15, 0.2) is 12.3 Å². The predicted molar refractivity (Wildman–Crippen MR) is 76.8 cm³/mol. The van der Waals surface area contributed by atoms with Crippen LogP contribution in [0.4, 0.5) is 10.2 Å². The van der Waals surface area contributed by atoms with Crippen molar-refractivity contribution in [1.29, 1.82) is 0 Å². The maximum absolute atomic E-state index is 13.4. The van der Waals surface area contributed by atoms with E-state index in [1.165, 1.54) is 19.0 Å². The van der Waals surface area contributed by atoms with Gasteiger partial charge in [-0.05, 0) is 46.6 Å². The number of hydrogen-bond donors (Lipinski definition) is 1. The second kappa shape index (κ2) is 5.45. The zero-order valence-corrected chi connectivity index (χ0v) is 12.3. The van der Waals surface area contributed by atoms with Gasteiger partial charge in [0.2, 0.25) is 0 Å². The van der Waals surface area contributed by atoms with Crippen molar-refractivity contribution in [3.8, 4) is 0 Å². The van der Waals surface area contributed by atoms with Crippen molar-refractivity contribution in [2.45, 2.75) is 58.7 Å². The van der Waals surface area contributed by atoms with E-state index in [1.807, 2.05) is 0 Å². The second-order valence-corrected chi connectivity index (χ2v) is 6.42. The highest BCUT2D eigenvalue weighted by molar-refractivity contribution is 5.48. The van der Waals surface area contributed by atoms with Gasteiger partial charge in [0, 0.05) is 30.2 Å². The molecule has 1 aromatic heterocycles. The lowest BCUT2D eigenvalue weighted by molar-refractivity contribution is 0.423. The largest absolute Gasteiger partial charge is 0.354 e. The van der Waals surface area contributed by atoms with Gasteiger partial charge in [-0.25, -0.2) is 9.37 Å². The van der Waals surface area contributed by atoms with E-state index in [0.29, 0.717) is 12.6 Å². The van der Waals surface area contributed by atoms with E-state index in [9.17, 15) is 4.39 Å². The van der Waals surface area contributed by atoms with Gasteiger partial charge in [0.1, 0.15) is 11.6 Å². The molecule has 106 valence electrons. The van der Waals surface area contributed by atoms with Gasteiger partial charge in [-0.1, -0.05) is 0 Å². The predicted octanol–water partition coefficient (Wildman–Crippen LogP) is 3.10. The first-order chi connectivity index (χ1) is 8.87. The quantitative estimate of drug-likeness (QED) is 0.910. The van der Waals surface area contributed by atoms with Gasteiger partial charge in [0.25, 0.3) is 0 Å². The molecule has 1 N–H and O–H groups in total. The SMILES string of the molecule is CC1CCCN1c1ncc(F)cc1CNC(C)(C)C. The number of anilines is 1. The van der Waals surface area contributed by atoms with Crippen LogP contribution in [0.25, 0.3) is 0 Å². The van der Waals surface area contributed by atoms with Crippen molar-refractivity contribution < 1.29 is 4.39 Å². The van der Waals surface area contributed by atoms with Gasteiger partial charge in [-0.15, -0.1) is 0 Å². The van der Waals surface area contributed by atoms with E-state index in [4.69, 9.17) is 0 Å². The summed E-state index contributed by atoms with van der Waals surface area (Å²) in [6, 6.07) is 2.10. The summed E-state index contributed by atoms with van der Waals surface area (Å²) in [6.07, 6.45) is 3.69. The van der Waals surface area contributed by atoms with Crippen LogP contribution in [-0.2, 0) is 6.54 Å². The number of hydrogen-bond acceptors (Lipinski definition) is 3. The van der Waals surface area contributed by atoms with Gasteiger partial charge in [0.05, 0.1) is 6.20 Å². The van der Waals surface area contributed by atoms with Gasteiger partial charge in [-0.3, -0.25) is 0 Å². The average Bonchev–Trinajstić information content (AvgIpc) is 2.72. The molecular formula is C15H24FN3. The fraction of sp³-hybridized carbons (Fsp3) is 0.667. The number of aromatic nitrogens is 1. The standard InChI is InChI=1S/C15H24FN3/c1-11-6-5-7-19(11)14-12(8-13(16)10-17-14)9-18-15(2,3)4/h8,10-11,18H,5-7,9H2,1-4H3. The molecule has 2 heterocycles. The number of nitrogens with one attached hydrogen (secondary N) is 1. The van der Waals surface area contributed by atoms with Crippen molar-refractivity contribution in [2.24, 2.45) is 0 Å². The van der Waals surface area contributed by atoms with Crippen LogP contribution in [0.5, 0.6) is 0 Å². The third kappa shape index (κ3) is 3.66. The molecule has 19 heavy (non-hydrogen) atoms. The van der Waals surface area contributed by atoms with Crippen LogP contribution < -0.4 is 10.2 Å². The van der Waals surface area contributed by atoms with Crippen LogP contribution >= 0.6 is 0 Å². The van der Waals surface area contributed by atoms with E-state index >= 15 is 0 Å². The molecule has 1 atom stereocenters. The van der Waals surface area contributed by atoms with Crippen molar-refractivity contribution in [3.05, 3.63) is 23.6 Å². The molecule has 1 aromatic rings. The molecule has 3 nitrogen and oxygen atoms in total. The third-order valence-corrected chi connectivity index (χ3v) is 3.54. The normalized spacial score (nSPS) is 20.1. The highest BCUT2D eigenvalue weighted by Crippen LogP contribution is 2.27. The maximum Gasteiger partial charge on any atom is 0.141 e. The van der Waals surface area contributed by atoms with Crippen molar-refractivity contribution in [3.63, 3.8) is 0 Å². The smallest absolute Gasteiger partial charge is 0.141 e. The van der Waals surface area contributed by atoms with Crippen LogP contribution in [0.1, 0.15) is 46.1 Å². The topological polar surface area (TPSA) is 28.2 Å². The zero-order chi connectivity index (χ0) is 14.0. The Balaban J connectivity index is 2.22. The molecule has 1 saturated heterocycles. The summed E-state index contributed by atoms with van der Waals surface area (Å²) in [5, 5.41) is 3.41.